The lowest BCUT2D eigenvalue weighted by molar-refractivity contribution is -0.122. The molecule has 2 fully saturated rings. The number of ether oxygens (including phenoxy) is 1. The topological polar surface area (TPSA) is 79.0 Å². The number of likely N-dealkylation sites (tertiary alicyclic amines) is 1. The van der Waals surface area contributed by atoms with Gasteiger partial charge < -0.3 is 9.64 Å². The molecule has 2 saturated heterocycles. The molecule has 0 saturated carbocycles. The van der Waals surface area contributed by atoms with E-state index < -0.39 is 23.9 Å². The molecule has 7 nitrogen and oxygen atoms in total. The van der Waals surface area contributed by atoms with Crippen LogP contribution in [0.5, 0.6) is 0 Å². The van der Waals surface area contributed by atoms with Crippen molar-refractivity contribution in [2.45, 2.75) is 31.9 Å². The summed E-state index contributed by atoms with van der Waals surface area (Å²) in [7, 11) is 0. The molecule has 0 aliphatic carbocycles. The summed E-state index contributed by atoms with van der Waals surface area (Å²) >= 11 is 11.2. The van der Waals surface area contributed by atoms with Gasteiger partial charge in [-0.2, -0.15) is 0 Å². The van der Waals surface area contributed by atoms with Crippen molar-refractivity contribution in [1.82, 2.24) is 10.2 Å². The van der Waals surface area contributed by atoms with Crippen LogP contribution in [0.1, 0.15) is 24.8 Å². The van der Waals surface area contributed by atoms with E-state index in [2.05, 4.69) is 5.32 Å². The third-order valence-electron chi connectivity index (χ3n) is 5.53. The Kier molecular flexibility index (Phi) is 7.05. The molecule has 3 amide bonds. The molecule has 2 aromatic carbocycles. The number of rotatable bonds is 4. The van der Waals surface area contributed by atoms with Gasteiger partial charge in [-0.25, -0.2) is 4.79 Å². The van der Waals surface area contributed by atoms with Gasteiger partial charge in [-0.15, -0.1) is 0 Å². The number of hydrogen-bond acceptors (Lipinski definition) is 5. The van der Waals surface area contributed by atoms with Gasteiger partial charge in [0.15, 0.2) is 5.11 Å². The lowest BCUT2D eigenvalue weighted by Gasteiger charge is -2.35. The Hall–Kier alpha value is -3.23. The van der Waals surface area contributed by atoms with Crippen LogP contribution in [-0.4, -0.2) is 40.5 Å². The fourth-order valence-electron chi connectivity index (χ4n) is 3.85. The molecule has 2 aromatic rings. The minimum Gasteiger partial charge on any atom is -0.445 e. The van der Waals surface area contributed by atoms with Crippen molar-refractivity contribution in [1.29, 1.82) is 0 Å². The number of thiocarbonyl (C=S) groups is 1. The number of anilines is 1. The summed E-state index contributed by atoms with van der Waals surface area (Å²) in [4.78, 5) is 41.5. The second kappa shape index (κ2) is 10.1. The molecule has 170 valence electrons. The molecule has 9 heteroatoms. The Morgan fingerprint density at radius 2 is 1.85 bits per heavy atom. The van der Waals surface area contributed by atoms with Crippen molar-refractivity contribution in [3.63, 3.8) is 0 Å². The van der Waals surface area contributed by atoms with E-state index in [1.807, 2.05) is 30.3 Å². The minimum atomic E-state index is -0.585. The molecular formula is C24H22ClN3O4S. The molecular weight excluding hydrogens is 462 g/mol. The van der Waals surface area contributed by atoms with Gasteiger partial charge in [-0.1, -0.05) is 41.9 Å². The molecule has 0 radical (unpaired) electrons. The van der Waals surface area contributed by atoms with Crippen LogP contribution in [0.3, 0.4) is 0 Å². The van der Waals surface area contributed by atoms with Crippen LogP contribution >= 0.6 is 23.8 Å². The fourth-order valence-corrected chi connectivity index (χ4v) is 4.26. The van der Waals surface area contributed by atoms with Gasteiger partial charge in [-0.3, -0.25) is 19.8 Å². The highest BCUT2D eigenvalue weighted by Gasteiger charge is 2.36. The molecule has 1 unspecified atom stereocenters. The average molecular weight is 484 g/mol. The zero-order valence-corrected chi connectivity index (χ0v) is 19.3. The van der Waals surface area contributed by atoms with Crippen LogP contribution in [0.2, 0.25) is 5.02 Å². The molecule has 2 aliphatic rings. The number of halogens is 1. The molecule has 4 rings (SSSR count). The van der Waals surface area contributed by atoms with Crippen molar-refractivity contribution in [3.05, 3.63) is 76.8 Å². The van der Waals surface area contributed by atoms with E-state index in [0.29, 0.717) is 23.7 Å². The lowest BCUT2D eigenvalue weighted by Crippen LogP contribution is -2.55. The van der Waals surface area contributed by atoms with Gasteiger partial charge >= 0.3 is 6.09 Å². The van der Waals surface area contributed by atoms with Gasteiger partial charge in [0.2, 0.25) is 0 Å². The van der Waals surface area contributed by atoms with Crippen molar-refractivity contribution >= 4 is 52.5 Å². The number of nitrogens with zero attached hydrogens (tertiary/aromatic N) is 2. The quantitative estimate of drug-likeness (QED) is 0.400. The molecule has 1 N–H and O–H groups in total. The third kappa shape index (κ3) is 5.23. The average Bonchev–Trinajstić information content (AvgIpc) is 2.82. The van der Waals surface area contributed by atoms with Gasteiger partial charge in [0.1, 0.15) is 12.2 Å². The number of carbonyl (C=O) groups excluding carboxylic acids is 3. The largest absolute Gasteiger partial charge is 0.445 e. The smallest absolute Gasteiger partial charge is 0.410 e. The third-order valence-corrected chi connectivity index (χ3v) is 6.07. The zero-order valence-electron chi connectivity index (χ0n) is 17.7. The summed E-state index contributed by atoms with van der Waals surface area (Å²) in [5, 5.41) is 3.07. The fraction of sp³-hybridized carbons (Fsp3) is 0.250. The lowest BCUT2D eigenvalue weighted by atomic mass is 9.98. The number of piperidine rings is 1. The highest BCUT2D eigenvalue weighted by molar-refractivity contribution is 7.80. The Bertz CT molecular complexity index is 1100. The zero-order chi connectivity index (χ0) is 23.4. The van der Waals surface area contributed by atoms with Crippen LogP contribution in [-0.2, 0) is 20.9 Å². The van der Waals surface area contributed by atoms with Crippen LogP contribution in [0.4, 0.5) is 10.5 Å². The highest BCUT2D eigenvalue weighted by Crippen LogP contribution is 2.25. The Labute approximate surface area is 201 Å². The Morgan fingerprint density at radius 3 is 2.58 bits per heavy atom. The van der Waals surface area contributed by atoms with Gasteiger partial charge in [0, 0.05) is 11.6 Å². The van der Waals surface area contributed by atoms with E-state index in [4.69, 9.17) is 28.6 Å². The van der Waals surface area contributed by atoms with Gasteiger partial charge in [0.05, 0.1) is 11.7 Å². The summed E-state index contributed by atoms with van der Waals surface area (Å²) in [5.41, 5.74) is 1.31. The number of carbonyl (C=O) groups is 3. The van der Waals surface area contributed by atoms with Crippen molar-refractivity contribution in [2.75, 3.05) is 11.4 Å². The maximum Gasteiger partial charge on any atom is 0.410 e. The number of amides is 3. The second-order valence-electron chi connectivity index (χ2n) is 7.75. The van der Waals surface area contributed by atoms with Crippen molar-refractivity contribution in [2.24, 2.45) is 0 Å². The minimum absolute atomic E-state index is 0.00718. The first-order valence-corrected chi connectivity index (χ1v) is 11.4. The van der Waals surface area contributed by atoms with Crippen LogP contribution in [0, 0.1) is 0 Å². The standard InChI is InChI=1S/C24H22ClN3O4S/c25-17-9-11-18(12-10-17)28-22(30)20(21(29)26-23(28)33)14-19-8-4-5-13-27(19)24(31)32-15-16-6-2-1-3-7-16/h1-3,6-7,9-12,14,19H,4-5,8,13,15H2,(H,26,29,33)/b20-14-. The molecule has 0 spiro atoms. The predicted molar refractivity (Wildman–Crippen MR) is 129 cm³/mol. The maximum atomic E-state index is 13.2. The van der Waals surface area contributed by atoms with Crippen LogP contribution in [0.15, 0.2) is 66.2 Å². The highest BCUT2D eigenvalue weighted by atomic mass is 35.5. The summed E-state index contributed by atoms with van der Waals surface area (Å²) in [5.74, 6) is -1.13. The van der Waals surface area contributed by atoms with Crippen LogP contribution in [0.25, 0.3) is 0 Å². The van der Waals surface area contributed by atoms with E-state index in [9.17, 15) is 14.4 Å². The second-order valence-corrected chi connectivity index (χ2v) is 8.58. The summed E-state index contributed by atoms with van der Waals surface area (Å²) < 4.78 is 5.49. The van der Waals surface area contributed by atoms with Crippen LogP contribution < -0.4 is 10.2 Å². The molecule has 2 aliphatic heterocycles. The van der Waals surface area contributed by atoms with Gasteiger partial charge in [-0.05, 0) is 67.4 Å². The molecule has 0 aromatic heterocycles. The first kappa shape index (κ1) is 22.9. The number of nitrogens with one attached hydrogen (secondary N) is 1. The first-order chi connectivity index (χ1) is 15.9. The van der Waals surface area contributed by atoms with Crippen molar-refractivity contribution < 1.29 is 19.1 Å². The summed E-state index contributed by atoms with van der Waals surface area (Å²) in [6.07, 6.45) is 3.38. The Balaban J connectivity index is 1.54. The predicted octanol–water partition coefficient (Wildman–Crippen LogP) is 4.21. The molecule has 0 bridgehead atoms. The van der Waals surface area contributed by atoms with E-state index in [0.717, 1.165) is 18.4 Å². The Morgan fingerprint density at radius 1 is 1.12 bits per heavy atom. The van der Waals surface area contributed by atoms with Crippen molar-refractivity contribution in [3.8, 4) is 0 Å². The maximum absolute atomic E-state index is 13.2. The van der Waals surface area contributed by atoms with E-state index in [1.165, 1.54) is 4.90 Å². The van der Waals surface area contributed by atoms with E-state index >= 15 is 0 Å². The summed E-state index contributed by atoms with van der Waals surface area (Å²) in [6.45, 7) is 0.634. The molecule has 2 heterocycles. The normalized spacial score (nSPS) is 20.1. The molecule has 33 heavy (non-hydrogen) atoms. The van der Waals surface area contributed by atoms with Gasteiger partial charge in [0.25, 0.3) is 11.8 Å². The SMILES string of the molecule is O=C1NC(=S)N(c2ccc(Cl)cc2)C(=O)/C1=C\C1CCCCN1C(=O)OCc1ccccc1. The summed E-state index contributed by atoms with van der Waals surface area (Å²) in [6, 6.07) is 15.5. The number of hydrogen-bond donors (Lipinski definition) is 1. The van der Waals surface area contributed by atoms with E-state index in [-0.39, 0.29) is 17.3 Å². The first-order valence-electron chi connectivity index (χ1n) is 10.6. The van der Waals surface area contributed by atoms with E-state index in [1.54, 1.807) is 35.2 Å². The monoisotopic (exact) mass is 483 g/mol. The number of benzene rings is 2. The molecule has 1 atom stereocenters.